The molecule has 1 unspecified atom stereocenters. The van der Waals surface area contributed by atoms with Crippen molar-refractivity contribution >= 4 is 5.91 Å². The molecular weight excluding hydrogens is 130 g/mol. The number of hydrogen-bond donors (Lipinski definition) is 1. The van der Waals surface area contributed by atoms with Crippen LogP contribution in [0, 0.1) is 0 Å². The van der Waals surface area contributed by atoms with Crippen molar-refractivity contribution < 1.29 is 4.79 Å². The molecule has 1 atom stereocenters. The number of rotatable bonds is 1. The van der Waals surface area contributed by atoms with Crippen molar-refractivity contribution in [1.82, 2.24) is 0 Å². The highest BCUT2D eigenvalue weighted by Crippen LogP contribution is 2.22. The summed E-state index contributed by atoms with van der Waals surface area (Å²) in [4.78, 5) is 10.7. The molecule has 0 radical (unpaired) electrons. The Morgan fingerprint density at radius 2 is 2.40 bits per heavy atom. The number of allylic oxidation sites excluding steroid dienone is 1. The van der Waals surface area contributed by atoms with E-state index in [1.807, 2.05) is 0 Å². The molecule has 10 heavy (non-hydrogen) atoms. The Bertz CT molecular complexity index is 231. The summed E-state index contributed by atoms with van der Waals surface area (Å²) in [6, 6.07) is 0. The average Bonchev–Trinajstić information content (AvgIpc) is 2.13. The molecule has 1 aliphatic rings. The maximum absolute atomic E-state index is 10.7. The highest BCUT2D eigenvalue weighted by molar-refractivity contribution is 5.87. The van der Waals surface area contributed by atoms with E-state index >= 15 is 0 Å². The molecule has 1 heterocycles. The molecule has 1 aliphatic heterocycles. The van der Waals surface area contributed by atoms with Gasteiger partial charge in [-0.25, -0.2) is 0 Å². The van der Waals surface area contributed by atoms with Crippen LogP contribution in [0.25, 0.3) is 0 Å². The lowest BCUT2D eigenvalue weighted by atomic mass is 10.0. The van der Waals surface area contributed by atoms with Crippen LogP contribution in [-0.4, -0.2) is 11.4 Å². The van der Waals surface area contributed by atoms with Crippen LogP contribution in [-0.2, 0) is 4.79 Å². The van der Waals surface area contributed by atoms with Gasteiger partial charge in [-0.05, 0) is 19.9 Å². The van der Waals surface area contributed by atoms with E-state index in [9.17, 15) is 4.79 Å². The van der Waals surface area contributed by atoms with Gasteiger partial charge >= 0.3 is 0 Å². The summed E-state index contributed by atoms with van der Waals surface area (Å²) in [6.45, 7) is 3.41. The Hall–Kier alpha value is -1.19. The third-order valence-electron chi connectivity index (χ3n) is 1.40. The second kappa shape index (κ2) is 1.90. The van der Waals surface area contributed by atoms with E-state index < -0.39 is 11.4 Å². The van der Waals surface area contributed by atoms with Crippen LogP contribution < -0.4 is 5.73 Å². The summed E-state index contributed by atoms with van der Waals surface area (Å²) in [6.07, 6.45) is 1.65. The Morgan fingerprint density at radius 1 is 1.80 bits per heavy atom. The quantitative estimate of drug-likeness (QED) is 0.567. The summed E-state index contributed by atoms with van der Waals surface area (Å²) in [5.74, 6) is -0.465. The normalized spacial score (nSPS) is 30.4. The number of primary amides is 1. The van der Waals surface area contributed by atoms with Crippen molar-refractivity contribution in [3.05, 3.63) is 11.8 Å². The SMILES string of the molecule is CC1=CC(C)(C(N)=O)N=N1. The maximum Gasteiger partial charge on any atom is 0.251 e. The van der Waals surface area contributed by atoms with Crippen LogP contribution in [0.3, 0.4) is 0 Å². The van der Waals surface area contributed by atoms with Crippen molar-refractivity contribution in [3.8, 4) is 0 Å². The van der Waals surface area contributed by atoms with E-state index in [0.717, 1.165) is 5.70 Å². The highest BCUT2D eigenvalue weighted by Gasteiger charge is 2.31. The minimum atomic E-state index is -0.899. The second-order valence-electron chi connectivity index (χ2n) is 2.50. The van der Waals surface area contributed by atoms with Crippen molar-refractivity contribution in [2.24, 2.45) is 16.0 Å². The van der Waals surface area contributed by atoms with Crippen LogP contribution in [0.15, 0.2) is 22.0 Å². The molecule has 54 valence electrons. The summed E-state index contributed by atoms with van der Waals surface area (Å²) in [5.41, 5.74) is 4.90. The lowest BCUT2D eigenvalue weighted by Gasteiger charge is -2.09. The van der Waals surface area contributed by atoms with Crippen LogP contribution in [0.2, 0.25) is 0 Å². The Labute approximate surface area is 58.8 Å². The summed E-state index contributed by atoms with van der Waals surface area (Å²) >= 11 is 0. The van der Waals surface area contributed by atoms with E-state index in [0.29, 0.717) is 0 Å². The molecule has 0 aliphatic carbocycles. The minimum absolute atomic E-state index is 0.465. The molecule has 0 spiro atoms. The Balaban J connectivity index is 2.95. The molecule has 0 saturated carbocycles. The zero-order valence-corrected chi connectivity index (χ0v) is 5.96. The average molecular weight is 139 g/mol. The molecule has 0 bridgehead atoms. The van der Waals surface area contributed by atoms with Gasteiger partial charge in [0.2, 0.25) is 0 Å². The van der Waals surface area contributed by atoms with Gasteiger partial charge in [0.25, 0.3) is 5.91 Å². The topological polar surface area (TPSA) is 67.8 Å². The molecule has 0 saturated heterocycles. The van der Waals surface area contributed by atoms with Gasteiger partial charge in [0, 0.05) is 0 Å². The number of carbonyl (C=O) groups is 1. The van der Waals surface area contributed by atoms with E-state index in [2.05, 4.69) is 10.2 Å². The third-order valence-corrected chi connectivity index (χ3v) is 1.40. The first-order valence-electron chi connectivity index (χ1n) is 2.97. The van der Waals surface area contributed by atoms with Gasteiger partial charge in [0.1, 0.15) is 0 Å². The van der Waals surface area contributed by atoms with Crippen molar-refractivity contribution in [1.29, 1.82) is 0 Å². The number of amides is 1. The van der Waals surface area contributed by atoms with Gasteiger partial charge in [-0.3, -0.25) is 4.79 Å². The lowest BCUT2D eigenvalue weighted by Crippen LogP contribution is -2.35. The predicted octanol–water partition coefficient (Wildman–Crippen LogP) is 0.600. The molecule has 2 N–H and O–H groups in total. The number of azo groups is 1. The first-order valence-corrected chi connectivity index (χ1v) is 2.97. The molecule has 0 aromatic heterocycles. The van der Waals surface area contributed by atoms with Gasteiger partial charge in [-0.15, -0.1) is 0 Å². The van der Waals surface area contributed by atoms with Crippen LogP contribution in [0.1, 0.15) is 13.8 Å². The molecule has 4 heteroatoms. The molecule has 1 rings (SSSR count). The molecule has 0 aromatic carbocycles. The van der Waals surface area contributed by atoms with Crippen molar-refractivity contribution in [3.63, 3.8) is 0 Å². The lowest BCUT2D eigenvalue weighted by molar-refractivity contribution is -0.121. The van der Waals surface area contributed by atoms with E-state index in [1.54, 1.807) is 19.9 Å². The van der Waals surface area contributed by atoms with Gasteiger partial charge < -0.3 is 5.73 Å². The zero-order valence-electron chi connectivity index (χ0n) is 5.96. The Kier molecular flexibility index (Phi) is 1.31. The molecular formula is C6H9N3O. The zero-order chi connectivity index (χ0) is 7.78. The maximum atomic E-state index is 10.7. The van der Waals surface area contributed by atoms with Crippen molar-refractivity contribution in [2.45, 2.75) is 19.4 Å². The fourth-order valence-electron chi connectivity index (χ4n) is 0.768. The standard InChI is InChI=1S/C6H9N3O/c1-4-3-6(2,5(7)10)9-8-4/h3H,1-2H3,(H2,7,10). The summed E-state index contributed by atoms with van der Waals surface area (Å²) < 4.78 is 0. The first kappa shape index (κ1) is 6.92. The largest absolute Gasteiger partial charge is 0.367 e. The van der Waals surface area contributed by atoms with Crippen molar-refractivity contribution in [2.75, 3.05) is 0 Å². The van der Waals surface area contributed by atoms with Crippen LogP contribution in [0.5, 0.6) is 0 Å². The number of carbonyl (C=O) groups excluding carboxylic acids is 1. The van der Waals surface area contributed by atoms with Gasteiger partial charge in [-0.2, -0.15) is 10.2 Å². The first-order chi connectivity index (χ1) is 4.54. The van der Waals surface area contributed by atoms with Gasteiger partial charge in [0.05, 0.1) is 5.70 Å². The Morgan fingerprint density at radius 3 is 2.60 bits per heavy atom. The number of nitrogens with zero attached hydrogens (tertiary/aromatic N) is 2. The third kappa shape index (κ3) is 0.920. The molecule has 4 nitrogen and oxygen atoms in total. The summed E-state index contributed by atoms with van der Waals surface area (Å²) in [7, 11) is 0. The van der Waals surface area contributed by atoms with E-state index in [-0.39, 0.29) is 0 Å². The summed E-state index contributed by atoms with van der Waals surface area (Å²) in [5, 5.41) is 7.40. The number of nitrogens with two attached hydrogens (primary N) is 1. The fraction of sp³-hybridized carbons (Fsp3) is 0.500. The monoisotopic (exact) mass is 139 g/mol. The fourth-order valence-corrected chi connectivity index (χ4v) is 0.768. The minimum Gasteiger partial charge on any atom is -0.367 e. The number of hydrogen-bond acceptors (Lipinski definition) is 3. The second-order valence-corrected chi connectivity index (χ2v) is 2.50. The van der Waals surface area contributed by atoms with Gasteiger partial charge in [0.15, 0.2) is 5.54 Å². The smallest absolute Gasteiger partial charge is 0.251 e. The van der Waals surface area contributed by atoms with Gasteiger partial charge in [-0.1, -0.05) is 0 Å². The van der Waals surface area contributed by atoms with E-state index in [1.165, 1.54) is 0 Å². The molecule has 1 amide bonds. The van der Waals surface area contributed by atoms with E-state index in [4.69, 9.17) is 5.73 Å². The van der Waals surface area contributed by atoms with Crippen LogP contribution >= 0.6 is 0 Å². The predicted molar refractivity (Wildman–Crippen MR) is 36.2 cm³/mol. The van der Waals surface area contributed by atoms with Crippen LogP contribution in [0.4, 0.5) is 0 Å². The molecule has 0 fully saturated rings. The molecule has 0 aromatic rings. The highest BCUT2D eigenvalue weighted by atomic mass is 16.1.